The van der Waals surface area contributed by atoms with Crippen molar-refractivity contribution in [2.45, 2.75) is 0 Å². The Bertz CT molecular complexity index is 639. The SMILES string of the molecule is O=C(O)c1ccc(Br)cc1-n1cnc([N+](=O)[O-])n1. The van der Waals surface area contributed by atoms with E-state index >= 15 is 0 Å². The van der Waals surface area contributed by atoms with Gasteiger partial charge in [0.05, 0.1) is 11.3 Å². The van der Waals surface area contributed by atoms with E-state index in [0.717, 1.165) is 11.0 Å². The van der Waals surface area contributed by atoms with Crippen LogP contribution >= 0.6 is 15.9 Å². The first-order valence-electron chi connectivity index (χ1n) is 4.58. The van der Waals surface area contributed by atoms with Gasteiger partial charge in [0.15, 0.2) is 0 Å². The fourth-order valence-corrected chi connectivity index (χ4v) is 1.68. The molecule has 0 saturated heterocycles. The number of aromatic nitrogens is 3. The summed E-state index contributed by atoms with van der Waals surface area (Å²) in [6, 6.07) is 4.41. The van der Waals surface area contributed by atoms with E-state index in [2.05, 4.69) is 26.0 Å². The summed E-state index contributed by atoms with van der Waals surface area (Å²) in [4.78, 5) is 24.2. The Kier molecular flexibility index (Phi) is 3.06. The van der Waals surface area contributed by atoms with Crippen molar-refractivity contribution in [2.24, 2.45) is 0 Å². The lowest BCUT2D eigenvalue weighted by Crippen LogP contribution is -2.06. The quantitative estimate of drug-likeness (QED) is 0.681. The maximum Gasteiger partial charge on any atom is 0.491 e. The zero-order valence-electron chi connectivity index (χ0n) is 8.65. The van der Waals surface area contributed by atoms with Crippen molar-refractivity contribution in [1.29, 1.82) is 0 Å². The molecule has 0 bridgehead atoms. The summed E-state index contributed by atoms with van der Waals surface area (Å²) in [5.74, 6) is -1.75. The Morgan fingerprint density at radius 2 is 2.22 bits per heavy atom. The van der Waals surface area contributed by atoms with Gasteiger partial charge >= 0.3 is 11.9 Å². The van der Waals surface area contributed by atoms with Gasteiger partial charge in [0.1, 0.15) is 0 Å². The van der Waals surface area contributed by atoms with E-state index < -0.39 is 16.8 Å². The molecule has 9 heteroatoms. The molecule has 92 valence electrons. The second-order valence-electron chi connectivity index (χ2n) is 3.21. The Morgan fingerprint density at radius 3 is 2.78 bits per heavy atom. The normalized spacial score (nSPS) is 10.3. The first kappa shape index (κ1) is 12.2. The largest absolute Gasteiger partial charge is 0.491 e. The highest BCUT2D eigenvalue weighted by molar-refractivity contribution is 9.10. The molecule has 0 amide bonds. The average molecular weight is 313 g/mol. The molecule has 1 aromatic heterocycles. The molecule has 1 N–H and O–H groups in total. The standard InChI is InChI=1S/C9H5BrN4O4/c10-5-1-2-6(8(15)16)7(3-5)13-4-11-9(12-13)14(17)18/h1-4H,(H,15,16). The number of rotatable bonds is 3. The smallest absolute Gasteiger partial charge is 0.478 e. The number of carbonyl (C=O) groups is 1. The van der Waals surface area contributed by atoms with Crippen molar-refractivity contribution < 1.29 is 14.8 Å². The minimum atomic E-state index is -1.16. The highest BCUT2D eigenvalue weighted by Gasteiger charge is 2.19. The molecule has 1 heterocycles. The van der Waals surface area contributed by atoms with Crippen molar-refractivity contribution in [3.05, 3.63) is 44.7 Å². The van der Waals surface area contributed by atoms with Crippen LogP contribution in [0.15, 0.2) is 29.0 Å². The number of hydrogen-bond acceptors (Lipinski definition) is 5. The maximum absolute atomic E-state index is 11.0. The van der Waals surface area contributed by atoms with E-state index in [1.165, 1.54) is 12.1 Å². The van der Waals surface area contributed by atoms with Crippen LogP contribution < -0.4 is 0 Å². The lowest BCUT2D eigenvalue weighted by Gasteiger charge is -2.02. The number of halogens is 1. The zero-order valence-corrected chi connectivity index (χ0v) is 10.2. The highest BCUT2D eigenvalue weighted by Crippen LogP contribution is 2.20. The van der Waals surface area contributed by atoms with Crippen LogP contribution in [0.25, 0.3) is 5.69 Å². The monoisotopic (exact) mass is 312 g/mol. The lowest BCUT2D eigenvalue weighted by molar-refractivity contribution is -0.394. The van der Waals surface area contributed by atoms with Crippen LogP contribution in [0.2, 0.25) is 0 Å². The molecule has 0 saturated carbocycles. The maximum atomic E-state index is 11.0. The van der Waals surface area contributed by atoms with Gasteiger partial charge in [-0.25, -0.2) is 4.79 Å². The topological polar surface area (TPSA) is 111 Å². The first-order chi connectivity index (χ1) is 8.49. The van der Waals surface area contributed by atoms with Crippen molar-refractivity contribution >= 4 is 27.8 Å². The third-order valence-corrected chi connectivity index (χ3v) is 2.57. The van der Waals surface area contributed by atoms with Crippen molar-refractivity contribution in [1.82, 2.24) is 14.8 Å². The molecule has 0 aliphatic carbocycles. The second-order valence-corrected chi connectivity index (χ2v) is 4.13. The zero-order chi connectivity index (χ0) is 13.3. The van der Waals surface area contributed by atoms with Crippen LogP contribution in [-0.4, -0.2) is 30.8 Å². The van der Waals surface area contributed by atoms with Crippen molar-refractivity contribution in [3.63, 3.8) is 0 Å². The number of benzene rings is 1. The Balaban J connectivity index is 2.57. The van der Waals surface area contributed by atoms with Gasteiger partial charge < -0.3 is 15.2 Å². The molecule has 0 spiro atoms. The summed E-state index contributed by atoms with van der Waals surface area (Å²) in [7, 11) is 0. The number of hydrogen-bond donors (Lipinski definition) is 1. The molecule has 2 rings (SSSR count). The summed E-state index contributed by atoms with van der Waals surface area (Å²) in [5.41, 5.74) is 0.162. The first-order valence-corrected chi connectivity index (χ1v) is 5.37. The van der Waals surface area contributed by atoms with Crippen LogP contribution in [0.5, 0.6) is 0 Å². The molecule has 0 aliphatic rings. The number of nitrogens with zero attached hydrogens (tertiary/aromatic N) is 4. The predicted octanol–water partition coefficient (Wildman–Crippen LogP) is 1.64. The van der Waals surface area contributed by atoms with Crippen molar-refractivity contribution in [3.8, 4) is 5.69 Å². The Hall–Kier alpha value is -2.29. The number of carboxylic acid groups (broad SMARTS) is 1. The van der Waals surface area contributed by atoms with E-state index in [9.17, 15) is 14.9 Å². The summed E-state index contributed by atoms with van der Waals surface area (Å²) in [6.45, 7) is 0. The van der Waals surface area contributed by atoms with Gasteiger partial charge in [0.2, 0.25) is 6.33 Å². The second kappa shape index (κ2) is 4.53. The summed E-state index contributed by atoms with van der Waals surface area (Å²) in [5, 5.41) is 23.1. The van der Waals surface area contributed by atoms with Gasteiger partial charge in [-0.2, -0.15) is 0 Å². The Morgan fingerprint density at radius 1 is 1.50 bits per heavy atom. The van der Waals surface area contributed by atoms with E-state index in [1.807, 2.05) is 0 Å². The summed E-state index contributed by atoms with van der Waals surface area (Å²) in [6.07, 6.45) is 1.09. The molecule has 0 unspecified atom stereocenters. The van der Waals surface area contributed by atoms with Gasteiger partial charge in [0, 0.05) is 9.57 Å². The molecule has 2 aromatic rings. The number of nitro groups is 1. The summed E-state index contributed by atoms with van der Waals surface area (Å²) >= 11 is 3.19. The van der Waals surface area contributed by atoms with Crippen LogP contribution in [0.3, 0.4) is 0 Å². The minimum Gasteiger partial charge on any atom is -0.478 e. The van der Waals surface area contributed by atoms with Crippen LogP contribution in [0.4, 0.5) is 5.95 Å². The van der Waals surface area contributed by atoms with Gasteiger partial charge in [-0.1, -0.05) is 20.9 Å². The van der Waals surface area contributed by atoms with Crippen LogP contribution in [-0.2, 0) is 0 Å². The van der Waals surface area contributed by atoms with Crippen molar-refractivity contribution in [2.75, 3.05) is 0 Å². The van der Waals surface area contributed by atoms with E-state index in [-0.39, 0.29) is 11.3 Å². The van der Waals surface area contributed by atoms with E-state index in [1.54, 1.807) is 6.07 Å². The number of aromatic carboxylic acids is 1. The molecule has 18 heavy (non-hydrogen) atoms. The third kappa shape index (κ3) is 2.20. The van der Waals surface area contributed by atoms with Crippen LogP contribution in [0, 0.1) is 10.1 Å². The van der Waals surface area contributed by atoms with E-state index in [0.29, 0.717) is 4.47 Å². The van der Waals surface area contributed by atoms with Gasteiger partial charge in [0.25, 0.3) is 0 Å². The summed E-state index contributed by atoms with van der Waals surface area (Å²) < 4.78 is 1.67. The molecule has 0 atom stereocenters. The van der Waals surface area contributed by atoms with Crippen LogP contribution in [0.1, 0.15) is 10.4 Å². The fourth-order valence-electron chi connectivity index (χ4n) is 1.33. The lowest BCUT2D eigenvalue weighted by atomic mass is 10.2. The predicted molar refractivity (Wildman–Crippen MR) is 62.7 cm³/mol. The van der Waals surface area contributed by atoms with E-state index in [4.69, 9.17) is 5.11 Å². The highest BCUT2D eigenvalue weighted by atomic mass is 79.9. The van der Waals surface area contributed by atoms with Gasteiger partial charge in [-0.3, -0.25) is 0 Å². The molecular weight excluding hydrogens is 308 g/mol. The fraction of sp³-hybridized carbons (Fsp3) is 0. The molecule has 0 fully saturated rings. The molecular formula is C9H5BrN4O4. The van der Waals surface area contributed by atoms with Gasteiger partial charge in [-0.15, -0.1) is 4.68 Å². The Labute approximate surface area is 108 Å². The molecule has 0 radical (unpaired) electrons. The minimum absolute atomic E-state index is 0.0296. The number of carboxylic acids is 1. The average Bonchev–Trinajstić information content (AvgIpc) is 2.77. The third-order valence-electron chi connectivity index (χ3n) is 2.08. The van der Waals surface area contributed by atoms with Gasteiger partial charge in [-0.05, 0) is 23.1 Å². The molecule has 0 aliphatic heterocycles. The molecule has 1 aromatic carbocycles. The molecule has 8 nitrogen and oxygen atoms in total.